The normalized spacial score (nSPS) is 25.0. The molecule has 2 atom stereocenters. The van der Waals surface area contributed by atoms with E-state index in [1.54, 1.807) is 11.3 Å². The molecule has 4 rings (SSSR count). The lowest BCUT2D eigenvalue weighted by molar-refractivity contribution is 0.285. The van der Waals surface area contributed by atoms with Crippen molar-refractivity contribution >= 4 is 17.0 Å². The molecule has 0 unspecified atom stereocenters. The van der Waals surface area contributed by atoms with Crippen molar-refractivity contribution in [1.29, 1.82) is 0 Å². The van der Waals surface area contributed by atoms with Crippen molar-refractivity contribution in [2.75, 3.05) is 25.5 Å². The van der Waals surface area contributed by atoms with Gasteiger partial charge in [-0.1, -0.05) is 6.07 Å². The Morgan fingerprint density at radius 3 is 3.00 bits per heavy atom. The van der Waals surface area contributed by atoms with E-state index in [4.69, 9.17) is 0 Å². The summed E-state index contributed by atoms with van der Waals surface area (Å²) < 4.78 is 0. The number of thiophene rings is 1. The Kier molecular flexibility index (Phi) is 3.48. The molecule has 21 heavy (non-hydrogen) atoms. The molecule has 2 nitrogen and oxygen atoms in total. The first-order chi connectivity index (χ1) is 10.3. The molecule has 0 aliphatic carbocycles. The molecule has 3 heterocycles. The van der Waals surface area contributed by atoms with Gasteiger partial charge < -0.3 is 10.2 Å². The molecule has 110 valence electrons. The zero-order chi connectivity index (χ0) is 14.2. The summed E-state index contributed by atoms with van der Waals surface area (Å²) in [6.45, 7) is 2.37. The molecular weight excluding hydrogens is 276 g/mol. The third-order valence-corrected chi connectivity index (χ3v) is 5.80. The van der Waals surface area contributed by atoms with Gasteiger partial charge in [0.05, 0.1) is 0 Å². The maximum atomic E-state index is 3.60. The first-order valence-electron chi connectivity index (χ1n) is 7.92. The van der Waals surface area contributed by atoms with Gasteiger partial charge in [-0.3, -0.25) is 0 Å². The first-order valence-corrected chi connectivity index (χ1v) is 8.86. The quantitative estimate of drug-likeness (QED) is 0.903. The van der Waals surface area contributed by atoms with Crippen LogP contribution >= 0.6 is 11.3 Å². The van der Waals surface area contributed by atoms with E-state index in [9.17, 15) is 0 Å². The number of likely N-dealkylation sites (tertiary alicyclic amines) is 1. The molecule has 2 aromatic rings. The Labute approximate surface area is 130 Å². The van der Waals surface area contributed by atoms with E-state index in [1.807, 2.05) is 0 Å². The van der Waals surface area contributed by atoms with Crippen LogP contribution in [0.3, 0.4) is 0 Å². The van der Waals surface area contributed by atoms with Crippen LogP contribution in [0.15, 0.2) is 35.0 Å². The Morgan fingerprint density at radius 2 is 2.24 bits per heavy atom. The van der Waals surface area contributed by atoms with Crippen LogP contribution in [0.1, 0.15) is 30.7 Å². The second-order valence-corrected chi connectivity index (χ2v) is 7.18. The maximum absolute atomic E-state index is 3.60. The highest BCUT2D eigenvalue weighted by atomic mass is 32.1. The molecule has 0 spiro atoms. The number of nitrogens with zero attached hydrogens (tertiary/aromatic N) is 1. The second-order valence-electron chi connectivity index (χ2n) is 6.40. The van der Waals surface area contributed by atoms with Crippen molar-refractivity contribution < 1.29 is 0 Å². The zero-order valence-electron chi connectivity index (χ0n) is 12.5. The number of benzene rings is 1. The van der Waals surface area contributed by atoms with Gasteiger partial charge in [-0.25, -0.2) is 0 Å². The van der Waals surface area contributed by atoms with E-state index in [2.05, 4.69) is 52.3 Å². The van der Waals surface area contributed by atoms with E-state index < -0.39 is 0 Å². The van der Waals surface area contributed by atoms with E-state index in [1.165, 1.54) is 48.2 Å². The Balaban J connectivity index is 1.59. The summed E-state index contributed by atoms with van der Waals surface area (Å²) in [5.74, 6) is 0.670. The van der Waals surface area contributed by atoms with Gasteiger partial charge >= 0.3 is 0 Å². The highest BCUT2D eigenvalue weighted by Crippen LogP contribution is 2.39. The van der Waals surface area contributed by atoms with E-state index in [0.29, 0.717) is 5.92 Å². The predicted molar refractivity (Wildman–Crippen MR) is 91.3 cm³/mol. The molecule has 1 fully saturated rings. The fraction of sp³-hybridized carbons (Fsp3) is 0.444. The molecule has 1 N–H and O–H groups in total. The molecular formula is C18H22N2S. The van der Waals surface area contributed by atoms with Gasteiger partial charge in [0, 0.05) is 24.2 Å². The third-order valence-electron chi connectivity index (χ3n) is 5.11. The van der Waals surface area contributed by atoms with E-state index in [-0.39, 0.29) is 0 Å². The molecule has 1 saturated heterocycles. The monoisotopic (exact) mass is 298 g/mol. The lowest BCUT2D eigenvalue weighted by Crippen LogP contribution is -2.27. The molecule has 2 aliphatic rings. The van der Waals surface area contributed by atoms with E-state index >= 15 is 0 Å². The summed E-state index contributed by atoms with van der Waals surface area (Å²) in [5.41, 5.74) is 5.59. The number of hydrogen-bond acceptors (Lipinski definition) is 3. The molecule has 3 heteroatoms. The van der Waals surface area contributed by atoms with Gasteiger partial charge in [-0.15, -0.1) is 0 Å². The average Bonchev–Trinajstić information content (AvgIpc) is 3.22. The maximum Gasteiger partial charge on any atom is 0.0376 e. The SMILES string of the molecule is CN1CCC[C@@H]1C[C@H]1CNc2ccc(-c3ccsc3)cc21. The van der Waals surface area contributed by atoms with Crippen LogP contribution in [0.2, 0.25) is 0 Å². The smallest absolute Gasteiger partial charge is 0.0376 e. The van der Waals surface area contributed by atoms with Gasteiger partial charge in [0.1, 0.15) is 0 Å². The second kappa shape index (κ2) is 5.47. The number of nitrogens with one attached hydrogen (secondary N) is 1. The van der Waals surface area contributed by atoms with Crippen molar-refractivity contribution in [3.05, 3.63) is 40.6 Å². The van der Waals surface area contributed by atoms with Gasteiger partial charge in [0.15, 0.2) is 0 Å². The van der Waals surface area contributed by atoms with Crippen LogP contribution in [0.4, 0.5) is 5.69 Å². The predicted octanol–water partition coefficient (Wildman–Crippen LogP) is 4.41. The summed E-state index contributed by atoms with van der Waals surface area (Å²) in [7, 11) is 2.28. The van der Waals surface area contributed by atoms with Gasteiger partial charge in [0.2, 0.25) is 0 Å². The number of anilines is 1. The van der Waals surface area contributed by atoms with Crippen molar-refractivity contribution in [3.63, 3.8) is 0 Å². The molecule has 0 amide bonds. The van der Waals surface area contributed by atoms with Crippen molar-refractivity contribution in [1.82, 2.24) is 4.90 Å². The van der Waals surface area contributed by atoms with Crippen LogP contribution in [0.25, 0.3) is 11.1 Å². The largest absolute Gasteiger partial charge is 0.384 e. The standard InChI is InChI=1S/C18H22N2S/c1-20-7-2-3-16(20)9-15-11-19-18-5-4-13(10-17(15)18)14-6-8-21-12-14/h4-6,8,10,12,15-16,19H,2-3,7,9,11H2,1H3/t15-,16+/m0/s1. The van der Waals surface area contributed by atoms with Crippen molar-refractivity contribution in [3.8, 4) is 11.1 Å². The fourth-order valence-electron chi connectivity index (χ4n) is 3.83. The summed E-state index contributed by atoms with van der Waals surface area (Å²) in [4.78, 5) is 2.54. The lowest BCUT2D eigenvalue weighted by atomic mass is 9.91. The first kappa shape index (κ1) is 13.4. The van der Waals surface area contributed by atoms with Crippen LogP contribution in [0.5, 0.6) is 0 Å². The van der Waals surface area contributed by atoms with Crippen LogP contribution in [0, 0.1) is 0 Å². The number of rotatable bonds is 3. The highest BCUT2D eigenvalue weighted by molar-refractivity contribution is 7.08. The average molecular weight is 298 g/mol. The molecule has 1 aromatic heterocycles. The topological polar surface area (TPSA) is 15.3 Å². The highest BCUT2D eigenvalue weighted by Gasteiger charge is 2.29. The molecule has 0 bridgehead atoms. The van der Waals surface area contributed by atoms with Crippen LogP contribution < -0.4 is 5.32 Å². The Morgan fingerprint density at radius 1 is 1.29 bits per heavy atom. The third kappa shape index (κ3) is 2.49. The zero-order valence-corrected chi connectivity index (χ0v) is 13.3. The Hall–Kier alpha value is -1.32. The van der Waals surface area contributed by atoms with E-state index in [0.717, 1.165) is 12.6 Å². The van der Waals surface area contributed by atoms with Crippen LogP contribution in [-0.4, -0.2) is 31.1 Å². The molecule has 0 saturated carbocycles. The summed E-state index contributed by atoms with van der Waals surface area (Å²) in [6, 6.07) is 9.91. The Bertz CT molecular complexity index is 620. The summed E-state index contributed by atoms with van der Waals surface area (Å²) >= 11 is 1.77. The number of fused-ring (bicyclic) bond motifs is 1. The number of hydrogen-bond donors (Lipinski definition) is 1. The van der Waals surface area contributed by atoms with Gasteiger partial charge in [-0.05, 0) is 78.5 Å². The minimum absolute atomic E-state index is 0.670. The van der Waals surface area contributed by atoms with Crippen LogP contribution in [-0.2, 0) is 0 Å². The van der Waals surface area contributed by atoms with Gasteiger partial charge in [-0.2, -0.15) is 11.3 Å². The minimum Gasteiger partial charge on any atom is -0.384 e. The summed E-state index contributed by atoms with van der Waals surface area (Å²) in [5, 5.41) is 7.99. The molecule has 1 aromatic carbocycles. The van der Waals surface area contributed by atoms with Crippen molar-refractivity contribution in [2.45, 2.75) is 31.2 Å². The molecule has 0 radical (unpaired) electrons. The molecule has 2 aliphatic heterocycles. The minimum atomic E-state index is 0.670. The lowest BCUT2D eigenvalue weighted by Gasteiger charge is -2.23. The summed E-state index contributed by atoms with van der Waals surface area (Å²) in [6.07, 6.45) is 4.03. The fourth-order valence-corrected chi connectivity index (χ4v) is 4.49. The van der Waals surface area contributed by atoms with Gasteiger partial charge in [0.25, 0.3) is 0 Å². The van der Waals surface area contributed by atoms with Crippen molar-refractivity contribution in [2.24, 2.45) is 0 Å².